The Morgan fingerprint density at radius 1 is 0.800 bits per heavy atom. The van der Waals surface area contributed by atoms with Gasteiger partial charge in [0.05, 0.1) is 27.0 Å². The first-order valence-corrected chi connectivity index (χ1v) is 10.8. The van der Waals surface area contributed by atoms with Crippen molar-refractivity contribution in [3.05, 3.63) is 95.7 Å². The van der Waals surface area contributed by atoms with Crippen molar-refractivity contribution in [2.45, 2.75) is 6.61 Å². The Labute approximate surface area is 202 Å². The normalized spacial score (nSPS) is 10.5. The number of para-hydroxylation sites is 1. The van der Waals surface area contributed by atoms with Crippen LogP contribution in [0.2, 0.25) is 0 Å². The molecule has 0 N–H and O–H groups in total. The third-order valence-electron chi connectivity index (χ3n) is 5.33. The maximum Gasteiger partial charge on any atom is 0.357 e. The van der Waals surface area contributed by atoms with E-state index in [1.807, 2.05) is 36.4 Å². The van der Waals surface area contributed by atoms with Crippen molar-refractivity contribution in [3.63, 3.8) is 0 Å². The molecule has 4 rings (SSSR count). The largest absolute Gasteiger partial charge is 0.493 e. The minimum atomic E-state index is -0.720. The van der Waals surface area contributed by atoms with Gasteiger partial charge in [-0.25, -0.2) is 14.3 Å². The predicted octanol–water partition coefficient (Wildman–Crippen LogP) is 4.70. The van der Waals surface area contributed by atoms with Crippen LogP contribution in [0.25, 0.3) is 16.9 Å². The fourth-order valence-corrected chi connectivity index (χ4v) is 3.63. The molecule has 178 valence electrons. The van der Waals surface area contributed by atoms with Crippen LogP contribution < -0.4 is 9.47 Å². The molecular formula is C27H24N2O6. The maximum atomic E-state index is 12.8. The van der Waals surface area contributed by atoms with Crippen LogP contribution in [0.15, 0.2) is 78.9 Å². The Morgan fingerprint density at radius 2 is 1.46 bits per heavy atom. The lowest BCUT2D eigenvalue weighted by atomic mass is 10.0. The highest BCUT2D eigenvalue weighted by Crippen LogP contribution is 2.36. The summed E-state index contributed by atoms with van der Waals surface area (Å²) in [6.07, 6.45) is 0. The Kier molecular flexibility index (Phi) is 7.11. The van der Waals surface area contributed by atoms with Gasteiger partial charge in [0.2, 0.25) is 0 Å². The number of hydrogen-bond donors (Lipinski definition) is 0. The molecule has 0 saturated heterocycles. The van der Waals surface area contributed by atoms with Crippen LogP contribution in [0.3, 0.4) is 0 Å². The highest BCUT2D eigenvalue weighted by Gasteiger charge is 2.31. The quantitative estimate of drug-likeness (QED) is 0.344. The van der Waals surface area contributed by atoms with E-state index < -0.39 is 11.9 Å². The van der Waals surface area contributed by atoms with Gasteiger partial charge in [0, 0.05) is 5.56 Å². The van der Waals surface area contributed by atoms with Crippen LogP contribution in [0.4, 0.5) is 0 Å². The van der Waals surface area contributed by atoms with Gasteiger partial charge in [0.15, 0.2) is 17.2 Å². The van der Waals surface area contributed by atoms with Crippen LogP contribution in [-0.4, -0.2) is 43.0 Å². The summed E-state index contributed by atoms with van der Waals surface area (Å²) in [5, 5.41) is 4.61. The molecule has 0 aliphatic carbocycles. The first kappa shape index (κ1) is 23.6. The molecule has 0 aliphatic heterocycles. The first-order valence-electron chi connectivity index (χ1n) is 10.8. The van der Waals surface area contributed by atoms with E-state index >= 15 is 0 Å². The van der Waals surface area contributed by atoms with E-state index in [1.165, 1.54) is 26.0 Å². The number of carbonyl (C=O) groups excluding carboxylic acids is 2. The molecule has 0 spiro atoms. The van der Waals surface area contributed by atoms with Gasteiger partial charge in [-0.1, -0.05) is 48.5 Å². The van der Waals surface area contributed by atoms with Crippen molar-refractivity contribution in [3.8, 4) is 28.4 Å². The molecule has 0 atom stereocenters. The molecule has 0 fully saturated rings. The van der Waals surface area contributed by atoms with Crippen molar-refractivity contribution < 1.29 is 28.5 Å². The molecular weight excluding hydrogens is 448 g/mol. The fourth-order valence-electron chi connectivity index (χ4n) is 3.63. The van der Waals surface area contributed by atoms with Crippen LogP contribution in [0, 0.1) is 0 Å². The second kappa shape index (κ2) is 10.6. The summed E-state index contributed by atoms with van der Waals surface area (Å²) in [6.45, 7) is 0.360. The zero-order valence-electron chi connectivity index (χ0n) is 19.6. The number of benzene rings is 3. The molecule has 8 nitrogen and oxygen atoms in total. The van der Waals surface area contributed by atoms with E-state index in [0.717, 1.165) is 5.56 Å². The number of esters is 2. The van der Waals surface area contributed by atoms with Crippen molar-refractivity contribution in [2.24, 2.45) is 0 Å². The Hall–Kier alpha value is -4.59. The molecule has 35 heavy (non-hydrogen) atoms. The number of aromatic nitrogens is 2. The van der Waals surface area contributed by atoms with Gasteiger partial charge in [-0.3, -0.25) is 0 Å². The van der Waals surface area contributed by atoms with Gasteiger partial charge in [0.25, 0.3) is 0 Å². The van der Waals surface area contributed by atoms with E-state index in [4.69, 9.17) is 18.9 Å². The summed E-state index contributed by atoms with van der Waals surface area (Å²) in [5.41, 5.74) is 2.32. The van der Waals surface area contributed by atoms with E-state index in [9.17, 15) is 9.59 Å². The summed E-state index contributed by atoms with van der Waals surface area (Å²) in [4.78, 5) is 25.6. The van der Waals surface area contributed by atoms with Crippen molar-refractivity contribution in [1.82, 2.24) is 9.78 Å². The van der Waals surface area contributed by atoms with Crippen molar-refractivity contribution >= 4 is 11.9 Å². The number of ether oxygens (including phenoxy) is 4. The van der Waals surface area contributed by atoms with Gasteiger partial charge >= 0.3 is 11.9 Å². The smallest absolute Gasteiger partial charge is 0.357 e. The molecule has 0 radical (unpaired) electrons. The molecule has 0 aliphatic rings. The summed E-state index contributed by atoms with van der Waals surface area (Å²) in [6, 6.07) is 23.9. The number of nitrogens with zero attached hydrogens (tertiary/aromatic N) is 2. The molecule has 0 saturated carbocycles. The first-order chi connectivity index (χ1) is 17.1. The van der Waals surface area contributed by atoms with E-state index in [-0.39, 0.29) is 17.0 Å². The summed E-state index contributed by atoms with van der Waals surface area (Å²) >= 11 is 0. The van der Waals surface area contributed by atoms with Crippen LogP contribution in [0.1, 0.15) is 26.4 Å². The lowest BCUT2D eigenvalue weighted by Crippen LogP contribution is -2.15. The van der Waals surface area contributed by atoms with E-state index in [1.54, 1.807) is 42.5 Å². The lowest BCUT2D eigenvalue weighted by molar-refractivity contribution is 0.0549. The van der Waals surface area contributed by atoms with Crippen molar-refractivity contribution in [1.29, 1.82) is 0 Å². The average molecular weight is 472 g/mol. The number of rotatable bonds is 8. The second-order valence-corrected chi connectivity index (χ2v) is 7.44. The lowest BCUT2D eigenvalue weighted by Gasteiger charge is -2.12. The minimum absolute atomic E-state index is 0.0109. The highest BCUT2D eigenvalue weighted by molar-refractivity contribution is 6.06. The zero-order chi connectivity index (χ0) is 24.8. The van der Waals surface area contributed by atoms with E-state index in [2.05, 4.69) is 5.10 Å². The molecule has 8 heteroatoms. The summed E-state index contributed by atoms with van der Waals surface area (Å²) < 4.78 is 22.8. The number of carbonyl (C=O) groups is 2. The molecule has 4 aromatic rings. The highest BCUT2D eigenvalue weighted by atomic mass is 16.5. The maximum absolute atomic E-state index is 12.8. The van der Waals surface area contributed by atoms with Crippen LogP contribution >= 0.6 is 0 Å². The van der Waals surface area contributed by atoms with Crippen molar-refractivity contribution in [2.75, 3.05) is 21.3 Å². The average Bonchev–Trinajstić information content (AvgIpc) is 3.32. The summed E-state index contributed by atoms with van der Waals surface area (Å²) in [5.74, 6) is -0.465. The summed E-state index contributed by atoms with van der Waals surface area (Å²) in [7, 11) is 4.01. The Balaban J connectivity index is 1.82. The van der Waals surface area contributed by atoms with Gasteiger partial charge in [0.1, 0.15) is 17.9 Å². The molecule has 3 aromatic carbocycles. The molecule has 1 aromatic heterocycles. The van der Waals surface area contributed by atoms with Gasteiger partial charge in [-0.2, -0.15) is 5.10 Å². The topological polar surface area (TPSA) is 88.9 Å². The Bertz CT molecular complexity index is 1330. The van der Waals surface area contributed by atoms with Gasteiger partial charge < -0.3 is 18.9 Å². The number of hydrogen-bond acceptors (Lipinski definition) is 7. The third kappa shape index (κ3) is 4.86. The van der Waals surface area contributed by atoms with Crippen LogP contribution in [0.5, 0.6) is 11.5 Å². The molecule has 0 amide bonds. The molecule has 0 unspecified atom stereocenters. The van der Waals surface area contributed by atoms with E-state index in [0.29, 0.717) is 29.4 Å². The zero-order valence-corrected chi connectivity index (χ0v) is 19.6. The monoisotopic (exact) mass is 472 g/mol. The standard InChI is InChI=1S/C27H24N2O6/c1-32-22-16-19(14-15-21(22)35-17-18-10-6-4-7-11-18)24-23(26(30)33-2)25(27(31)34-3)29(28-24)20-12-8-5-9-13-20/h4-16H,17H2,1-3H3. The SMILES string of the molecule is COC(=O)c1c(-c2ccc(OCc3ccccc3)c(OC)c2)nn(-c2ccccc2)c1C(=O)OC. The fraction of sp³-hybridized carbons (Fsp3) is 0.148. The van der Waals surface area contributed by atoms with Gasteiger partial charge in [-0.05, 0) is 35.9 Å². The van der Waals surface area contributed by atoms with Crippen LogP contribution in [-0.2, 0) is 16.1 Å². The molecule has 0 bridgehead atoms. The minimum Gasteiger partial charge on any atom is -0.493 e. The number of methoxy groups -OCH3 is 3. The Morgan fingerprint density at radius 3 is 2.09 bits per heavy atom. The predicted molar refractivity (Wildman–Crippen MR) is 129 cm³/mol. The van der Waals surface area contributed by atoms with Gasteiger partial charge in [-0.15, -0.1) is 0 Å². The third-order valence-corrected chi connectivity index (χ3v) is 5.33. The molecule has 1 heterocycles. The second-order valence-electron chi connectivity index (χ2n) is 7.44.